The molecule has 0 aliphatic carbocycles. The lowest BCUT2D eigenvalue weighted by atomic mass is 10.1. The smallest absolute Gasteiger partial charge is 0.255 e. The van der Waals surface area contributed by atoms with Crippen molar-refractivity contribution in [2.45, 2.75) is 18.9 Å². The van der Waals surface area contributed by atoms with Gasteiger partial charge in [0.1, 0.15) is 6.10 Å². The molecule has 0 bridgehead atoms. The van der Waals surface area contributed by atoms with Gasteiger partial charge >= 0.3 is 0 Å². The summed E-state index contributed by atoms with van der Waals surface area (Å²) in [5.41, 5.74) is 1.72. The van der Waals surface area contributed by atoms with Crippen LogP contribution >= 0.6 is 0 Å². The third kappa shape index (κ3) is 4.57. The average Bonchev–Trinajstić information content (AvgIpc) is 3.24. The first-order valence-electron chi connectivity index (χ1n) is 8.66. The third-order valence-electron chi connectivity index (χ3n) is 4.28. The Kier molecular flexibility index (Phi) is 5.93. The number of amides is 2. The lowest BCUT2D eigenvalue weighted by Crippen LogP contribution is -2.26. The normalized spacial score (nSPS) is 15.9. The van der Waals surface area contributed by atoms with Crippen molar-refractivity contribution in [3.05, 3.63) is 48.0 Å². The van der Waals surface area contributed by atoms with Crippen LogP contribution in [-0.4, -0.2) is 38.7 Å². The molecule has 7 nitrogen and oxygen atoms in total. The second kappa shape index (κ2) is 8.55. The Bertz CT molecular complexity index is 814. The highest BCUT2D eigenvalue weighted by molar-refractivity contribution is 6.04. The van der Waals surface area contributed by atoms with E-state index in [4.69, 9.17) is 14.2 Å². The average molecular weight is 370 g/mol. The molecule has 0 saturated carbocycles. The van der Waals surface area contributed by atoms with E-state index in [0.29, 0.717) is 35.0 Å². The van der Waals surface area contributed by atoms with Gasteiger partial charge in [0.25, 0.3) is 11.8 Å². The largest absolute Gasteiger partial charge is 0.493 e. The maximum absolute atomic E-state index is 12.4. The summed E-state index contributed by atoms with van der Waals surface area (Å²) in [6.45, 7) is 0.624. The molecule has 3 rings (SSSR count). The van der Waals surface area contributed by atoms with Crippen molar-refractivity contribution in [3.63, 3.8) is 0 Å². The minimum absolute atomic E-state index is 0.144. The highest BCUT2D eigenvalue weighted by atomic mass is 16.5. The molecule has 142 valence electrons. The zero-order valence-corrected chi connectivity index (χ0v) is 15.3. The van der Waals surface area contributed by atoms with Crippen LogP contribution in [0, 0.1) is 0 Å². The molecule has 0 spiro atoms. The predicted molar refractivity (Wildman–Crippen MR) is 102 cm³/mol. The summed E-state index contributed by atoms with van der Waals surface area (Å²) in [6.07, 6.45) is 1.26. The second-order valence-electron chi connectivity index (χ2n) is 6.09. The van der Waals surface area contributed by atoms with Crippen LogP contribution < -0.4 is 20.1 Å². The molecule has 1 atom stereocenters. The molecule has 2 N–H and O–H groups in total. The van der Waals surface area contributed by atoms with Gasteiger partial charge in [-0.3, -0.25) is 9.59 Å². The van der Waals surface area contributed by atoms with E-state index in [-0.39, 0.29) is 17.9 Å². The highest BCUT2D eigenvalue weighted by Crippen LogP contribution is 2.28. The van der Waals surface area contributed by atoms with E-state index in [0.717, 1.165) is 12.8 Å². The van der Waals surface area contributed by atoms with E-state index < -0.39 is 0 Å². The number of hydrogen-bond acceptors (Lipinski definition) is 5. The molecule has 1 aliphatic heterocycles. The first-order valence-corrected chi connectivity index (χ1v) is 8.66. The van der Waals surface area contributed by atoms with Gasteiger partial charge in [-0.1, -0.05) is 0 Å². The number of nitrogens with one attached hydrogen (secondary N) is 2. The van der Waals surface area contributed by atoms with Crippen LogP contribution in [0.2, 0.25) is 0 Å². The van der Waals surface area contributed by atoms with E-state index in [1.165, 1.54) is 14.2 Å². The molecule has 2 aromatic carbocycles. The molecular weight excluding hydrogens is 348 g/mol. The first kappa shape index (κ1) is 18.7. The Balaban J connectivity index is 1.62. The van der Waals surface area contributed by atoms with Gasteiger partial charge < -0.3 is 24.8 Å². The van der Waals surface area contributed by atoms with E-state index in [2.05, 4.69) is 10.6 Å². The summed E-state index contributed by atoms with van der Waals surface area (Å²) in [5, 5.41) is 5.63. The van der Waals surface area contributed by atoms with Gasteiger partial charge in [0.05, 0.1) is 14.2 Å². The molecule has 1 saturated heterocycles. The van der Waals surface area contributed by atoms with Gasteiger partial charge in [-0.05, 0) is 55.3 Å². The number of hydrogen-bond donors (Lipinski definition) is 2. The van der Waals surface area contributed by atoms with E-state index in [1.54, 1.807) is 42.5 Å². The van der Waals surface area contributed by atoms with E-state index >= 15 is 0 Å². The van der Waals surface area contributed by atoms with E-state index in [1.807, 2.05) is 0 Å². The Hall–Kier alpha value is -3.06. The summed E-state index contributed by atoms with van der Waals surface area (Å²) in [7, 11) is 3.06. The monoisotopic (exact) mass is 370 g/mol. The van der Waals surface area contributed by atoms with Crippen LogP contribution in [0.25, 0.3) is 0 Å². The molecule has 7 heteroatoms. The number of carbonyl (C=O) groups is 2. The summed E-state index contributed by atoms with van der Waals surface area (Å²) in [6, 6.07) is 11.9. The highest BCUT2D eigenvalue weighted by Gasteiger charge is 2.23. The predicted octanol–water partition coefficient (Wildman–Crippen LogP) is 3.07. The minimum Gasteiger partial charge on any atom is -0.493 e. The van der Waals surface area contributed by atoms with E-state index in [9.17, 15) is 9.59 Å². The van der Waals surface area contributed by atoms with Crippen LogP contribution in [0.1, 0.15) is 23.2 Å². The van der Waals surface area contributed by atoms with Crippen molar-refractivity contribution in [1.29, 1.82) is 0 Å². The number of benzene rings is 2. The van der Waals surface area contributed by atoms with Crippen molar-refractivity contribution in [1.82, 2.24) is 0 Å². The maximum atomic E-state index is 12.4. The van der Waals surface area contributed by atoms with Crippen LogP contribution in [-0.2, 0) is 9.53 Å². The van der Waals surface area contributed by atoms with Crippen LogP contribution in [0.4, 0.5) is 11.4 Å². The second-order valence-corrected chi connectivity index (χ2v) is 6.09. The van der Waals surface area contributed by atoms with Gasteiger partial charge in [0.15, 0.2) is 11.5 Å². The molecule has 0 aromatic heterocycles. The summed E-state index contributed by atoms with van der Waals surface area (Å²) >= 11 is 0. The Morgan fingerprint density at radius 1 is 0.963 bits per heavy atom. The van der Waals surface area contributed by atoms with Gasteiger partial charge in [0, 0.05) is 23.5 Å². The topological polar surface area (TPSA) is 85.9 Å². The lowest BCUT2D eigenvalue weighted by Gasteiger charge is -2.12. The summed E-state index contributed by atoms with van der Waals surface area (Å²) < 4.78 is 15.7. The zero-order valence-electron chi connectivity index (χ0n) is 15.3. The number of ether oxygens (including phenoxy) is 3. The van der Waals surface area contributed by atoms with Crippen molar-refractivity contribution >= 4 is 23.2 Å². The number of anilines is 2. The molecule has 2 aromatic rings. The zero-order chi connectivity index (χ0) is 19.2. The molecule has 1 heterocycles. The van der Waals surface area contributed by atoms with Gasteiger partial charge in [0.2, 0.25) is 0 Å². The Labute approximate surface area is 157 Å². The Morgan fingerprint density at radius 3 is 2.22 bits per heavy atom. The first-order chi connectivity index (χ1) is 13.1. The SMILES string of the molecule is COc1ccc(C(=O)Nc2ccc(NC(=O)[C@@H]3CCCO3)cc2)cc1OC. The van der Waals surface area contributed by atoms with Gasteiger partial charge in [-0.25, -0.2) is 0 Å². The third-order valence-corrected chi connectivity index (χ3v) is 4.28. The van der Waals surface area contributed by atoms with Crippen molar-refractivity contribution < 1.29 is 23.8 Å². The lowest BCUT2D eigenvalue weighted by molar-refractivity contribution is -0.124. The van der Waals surface area contributed by atoms with Crippen LogP contribution in [0.5, 0.6) is 11.5 Å². The Morgan fingerprint density at radius 2 is 1.63 bits per heavy atom. The van der Waals surface area contributed by atoms with Crippen LogP contribution in [0.3, 0.4) is 0 Å². The van der Waals surface area contributed by atoms with Gasteiger partial charge in [-0.2, -0.15) is 0 Å². The van der Waals surface area contributed by atoms with Crippen molar-refractivity contribution in [2.24, 2.45) is 0 Å². The minimum atomic E-state index is -0.380. The summed E-state index contributed by atoms with van der Waals surface area (Å²) in [4.78, 5) is 24.5. The fraction of sp³-hybridized carbons (Fsp3) is 0.300. The summed E-state index contributed by atoms with van der Waals surface area (Å²) in [5.74, 6) is 0.624. The molecule has 27 heavy (non-hydrogen) atoms. The number of carbonyl (C=O) groups excluding carboxylic acids is 2. The van der Waals surface area contributed by atoms with Crippen LogP contribution in [0.15, 0.2) is 42.5 Å². The quantitative estimate of drug-likeness (QED) is 0.816. The fourth-order valence-corrected chi connectivity index (χ4v) is 2.82. The van der Waals surface area contributed by atoms with Crippen molar-refractivity contribution in [3.8, 4) is 11.5 Å². The molecule has 0 unspecified atom stereocenters. The molecule has 1 fully saturated rings. The molecular formula is C20H22N2O5. The fourth-order valence-electron chi connectivity index (χ4n) is 2.82. The van der Waals surface area contributed by atoms with Crippen molar-refractivity contribution in [2.75, 3.05) is 31.5 Å². The number of methoxy groups -OCH3 is 2. The maximum Gasteiger partial charge on any atom is 0.255 e. The number of rotatable bonds is 6. The molecule has 1 aliphatic rings. The standard InChI is InChI=1S/C20H22N2O5/c1-25-16-10-5-13(12-18(16)26-2)19(23)21-14-6-8-15(9-7-14)22-20(24)17-4-3-11-27-17/h5-10,12,17H,3-4,11H2,1-2H3,(H,21,23)(H,22,24)/t17-/m0/s1. The molecule has 2 amide bonds. The molecule has 0 radical (unpaired) electrons. The van der Waals surface area contributed by atoms with Gasteiger partial charge in [-0.15, -0.1) is 0 Å².